The van der Waals surface area contributed by atoms with Crippen molar-refractivity contribution in [2.45, 2.75) is 110 Å². The summed E-state index contributed by atoms with van der Waals surface area (Å²) < 4.78 is 16.2. The summed E-state index contributed by atoms with van der Waals surface area (Å²) in [6, 6.07) is 5.34. The molecule has 0 bridgehead atoms. The van der Waals surface area contributed by atoms with Crippen molar-refractivity contribution in [1.82, 2.24) is 9.88 Å². The van der Waals surface area contributed by atoms with Gasteiger partial charge in [-0.1, -0.05) is 96.5 Å². The number of carbonyl (C=O) groups is 2. The SMILES string of the molecule is CCCCCCCCCCCCCCCCOCCOCCOC(=O)N(Cc1ccccn1)C(C)=O. The lowest BCUT2D eigenvalue weighted by atomic mass is 10.0. The summed E-state index contributed by atoms with van der Waals surface area (Å²) in [5.41, 5.74) is 0.622. The number of nitrogens with zero attached hydrogens (tertiary/aromatic N) is 2. The normalized spacial score (nSPS) is 10.9. The van der Waals surface area contributed by atoms with Gasteiger partial charge in [0.15, 0.2) is 0 Å². The van der Waals surface area contributed by atoms with Crippen LogP contribution in [0.25, 0.3) is 0 Å². The van der Waals surface area contributed by atoms with Gasteiger partial charge in [-0.2, -0.15) is 0 Å². The lowest BCUT2D eigenvalue weighted by molar-refractivity contribution is -0.127. The van der Waals surface area contributed by atoms with Crippen molar-refractivity contribution < 1.29 is 23.8 Å². The van der Waals surface area contributed by atoms with Crippen LogP contribution in [0.2, 0.25) is 0 Å². The summed E-state index contributed by atoms with van der Waals surface area (Å²) in [5.74, 6) is -0.386. The van der Waals surface area contributed by atoms with Gasteiger partial charge in [-0.3, -0.25) is 9.78 Å². The molecule has 7 nitrogen and oxygen atoms in total. The van der Waals surface area contributed by atoms with Crippen LogP contribution in [-0.2, 0) is 25.5 Å². The molecule has 1 rings (SSSR count). The molecule has 0 aromatic carbocycles. The topological polar surface area (TPSA) is 78.0 Å². The highest BCUT2D eigenvalue weighted by Gasteiger charge is 2.20. The Bertz CT molecular complexity index is 656. The maximum absolute atomic E-state index is 12.2. The predicted molar refractivity (Wildman–Crippen MR) is 144 cm³/mol. The van der Waals surface area contributed by atoms with Crippen LogP contribution < -0.4 is 0 Å². The Hall–Kier alpha value is -1.99. The number of hydrogen-bond donors (Lipinski definition) is 0. The highest BCUT2D eigenvalue weighted by atomic mass is 16.6. The molecule has 0 aliphatic heterocycles. The van der Waals surface area contributed by atoms with E-state index >= 15 is 0 Å². The van der Waals surface area contributed by atoms with E-state index in [0.717, 1.165) is 17.9 Å². The molecule has 1 aromatic heterocycles. The predicted octanol–water partition coefficient (Wildman–Crippen LogP) is 7.08. The Morgan fingerprint density at radius 1 is 0.722 bits per heavy atom. The molecular weight excluding hydrogens is 456 g/mol. The van der Waals surface area contributed by atoms with Gasteiger partial charge in [-0.25, -0.2) is 9.69 Å². The second kappa shape index (κ2) is 23.4. The van der Waals surface area contributed by atoms with Crippen LogP contribution in [0.15, 0.2) is 24.4 Å². The average Bonchev–Trinajstić information content (AvgIpc) is 2.88. The molecule has 0 saturated heterocycles. The van der Waals surface area contributed by atoms with Crippen LogP contribution in [0.3, 0.4) is 0 Å². The van der Waals surface area contributed by atoms with E-state index < -0.39 is 6.09 Å². The van der Waals surface area contributed by atoms with Crippen LogP contribution in [-0.4, -0.2) is 54.9 Å². The zero-order valence-corrected chi connectivity index (χ0v) is 22.9. The fraction of sp³-hybridized carbons (Fsp3) is 0.759. The van der Waals surface area contributed by atoms with Crippen molar-refractivity contribution in [3.8, 4) is 0 Å². The minimum atomic E-state index is -0.689. The van der Waals surface area contributed by atoms with Gasteiger partial charge in [0.25, 0.3) is 0 Å². The van der Waals surface area contributed by atoms with Crippen molar-refractivity contribution in [2.24, 2.45) is 0 Å². The van der Waals surface area contributed by atoms with Gasteiger partial charge in [-0.15, -0.1) is 0 Å². The highest BCUT2D eigenvalue weighted by molar-refractivity contribution is 5.90. The van der Waals surface area contributed by atoms with E-state index in [1.807, 2.05) is 0 Å². The molecular formula is C29H50N2O5. The van der Waals surface area contributed by atoms with Crippen LogP contribution in [0.5, 0.6) is 0 Å². The number of pyridine rings is 1. The third-order valence-electron chi connectivity index (χ3n) is 6.11. The number of amides is 2. The Kier molecular flexibility index (Phi) is 20.8. The number of rotatable bonds is 23. The molecule has 1 aromatic rings. The number of imide groups is 1. The Morgan fingerprint density at radius 3 is 1.78 bits per heavy atom. The molecule has 0 atom stereocenters. The second-order valence-corrected chi connectivity index (χ2v) is 9.36. The fourth-order valence-electron chi connectivity index (χ4n) is 3.94. The first-order valence-electron chi connectivity index (χ1n) is 14.2. The molecule has 7 heteroatoms. The molecule has 206 valence electrons. The molecule has 0 radical (unpaired) electrons. The van der Waals surface area contributed by atoms with Crippen molar-refractivity contribution >= 4 is 12.0 Å². The second-order valence-electron chi connectivity index (χ2n) is 9.36. The van der Waals surface area contributed by atoms with Gasteiger partial charge in [0.2, 0.25) is 5.91 Å². The molecule has 0 unspecified atom stereocenters. The maximum Gasteiger partial charge on any atom is 0.416 e. The first-order chi connectivity index (χ1) is 17.6. The zero-order valence-electron chi connectivity index (χ0n) is 22.9. The first-order valence-corrected chi connectivity index (χ1v) is 14.2. The van der Waals surface area contributed by atoms with E-state index in [0.29, 0.717) is 18.9 Å². The number of carbonyl (C=O) groups excluding carboxylic acids is 2. The summed E-state index contributed by atoms with van der Waals surface area (Å²) in [6.45, 7) is 5.80. The molecule has 0 aliphatic rings. The highest BCUT2D eigenvalue weighted by Crippen LogP contribution is 2.13. The van der Waals surface area contributed by atoms with Crippen LogP contribution in [0, 0.1) is 0 Å². The summed E-state index contributed by atoms with van der Waals surface area (Å²) in [6.07, 6.45) is 19.8. The van der Waals surface area contributed by atoms with Crippen molar-refractivity contribution in [1.29, 1.82) is 0 Å². The molecule has 1 heterocycles. The first kappa shape index (κ1) is 32.0. The summed E-state index contributed by atoms with van der Waals surface area (Å²) in [4.78, 5) is 29.1. The summed E-state index contributed by atoms with van der Waals surface area (Å²) in [7, 11) is 0. The maximum atomic E-state index is 12.2. The largest absolute Gasteiger partial charge is 0.447 e. The fourth-order valence-corrected chi connectivity index (χ4v) is 3.94. The van der Waals surface area contributed by atoms with Crippen molar-refractivity contribution in [3.05, 3.63) is 30.1 Å². The molecule has 36 heavy (non-hydrogen) atoms. The smallest absolute Gasteiger partial charge is 0.416 e. The lowest BCUT2D eigenvalue weighted by Crippen LogP contribution is -2.36. The molecule has 0 saturated carbocycles. The van der Waals surface area contributed by atoms with Crippen LogP contribution in [0.4, 0.5) is 4.79 Å². The minimum Gasteiger partial charge on any atom is -0.447 e. The number of ether oxygens (including phenoxy) is 3. The van der Waals surface area contributed by atoms with Gasteiger partial charge in [-0.05, 0) is 18.6 Å². The van der Waals surface area contributed by atoms with E-state index in [2.05, 4.69) is 11.9 Å². The standard InChI is InChI=1S/C29H50N2O5/c1-3-4-5-6-7-8-9-10-11-12-13-14-15-18-21-34-22-23-35-24-25-36-29(33)31(27(2)32)26-28-19-16-17-20-30-28/h16-17,19-20H,3-15,18,21-26H2,1-2H3. The quantitative estimate of drug-likeness (QED) is 0.148. The summed E-state index contributed by atoms with van der Waals surface area (Å²) >= 11 is 0. The zero-order chi connectivity index (χ0) is 26.1. The van der Waals surface area contributed by atoms with Crippen molar-refractivity contribution in [3.63, 3.8) is 0 Å². The van der Waals surface area contributed by atoms with E-state index in [1.165, 1.54) is 90.4 Å². The number of unbranched alkanes of at least 4 members (excludes halogenated alkanes) is 13. The van der Waals surface area contributed by atoms with E-state index in [4.69, 9.17) is 14.2 Å². The Balaban J connectivity index is 1.84. The van der Waals surface area contributed by atoms with Gasteiger partial charge in [0.05, 0.1) is 32.1 Å². The van der Waals surface area contributed by atoms with Gasteiger partial charge < -0.3 is 14.2 Å². The third-order valence-corrected chi connectivity index (χ3v) is 6.11. The molecule has 0 aliphatic carbocycles. The van der Waals surface area contributed by atoms with E-state index in [1.54, 1.807) is 24.4 Å². The van der Waals surface area contributed by atoms with Gasteiger partial charge >= 0.3 is 6.09 Å². The van der Waals surface area contributed by atoms with Gasteiger partial charge in [0.1, 0.15) is 6.61 Å². The Labute approximate surface area is 219 Å². The molecule has 0 spiro atoms. The Morgan fingerprint density at radius 2 is 1.25 bits per heavy atom. The molecule has 2 amide bonds. The van der Waals surface area contributed by atoms with Crippen LogP contribution in [0.1, 0.15) is 109 Å². The third kappa shape index (κ3) is 18.3. The minimum absolute atomic E-state index is 0.0863. The summed E-state index contributed by atoms with van der Waals surface area (Å²) in [5, 5.41) is 0. The van der Waals surface area contributed by atoms with Gasteiger partial charge in [0, 0.05) is 19.7 Å². The molecule has 0 fully saturated rings. The van der Waals surface area contributed by atoms with E-state index in [-0.39, 0.29) is 25.7 Å². The number of aromatic nitrogens is 1. The average molecular weight is 507 g/mol. The van der Waals surface area contributed by atoms with Crippen LogP contribution >= 0.6 is 0 Å². The van der Waals surface area contributed by atoms with E-state index in [9.17, 15) is 9.59 Å². The monoisotopic (exact) mass is 506 g/mol. The number of hydrogen-bond acceptors (Lipinski definition) is 6. The van der Waals surface area contributed by atoms with Crippen molar-refractivity contribution in [2.75, 3.05) is 33.0 Å². The molecule has 0 N–H and O–H groups in total. The lowest BCUT2D eigenvalue weighted by Gasteiger charge is -2.18.